The number of amides is 2. The molecule has 11 nitrogen and oxygen atoms in total. The van der Waals surface area contributed by atoms with Crippen LogP contribution in [-0.4, -0.2) is 86.2 Å². The number of aliphatic hydroxyl groups excluding tert-OH is 3. The molecule has 39 heavy (non-hydrogen) atoms. The van der Waals surface area contributed by atoms with Crippen molar-refractivity contribution in [2.75, 3.05) is 26.0 Å². The smallest absolute Gasteiger partial charge is 0.315 e. The van der Waals surface area contributed by atoms with Crippen molar-refractivity contribution in [2.45, 2.75) is 56.8 Å². The molecular formula is C26H36ClN3O8S. The Labute approximate surface area is 233 Å². The summed E-state index contributed by atoms with van der Waals surface area (Å²) in [5.41, 5.74) is 2.24. The van der Waals surface area contributed by atoms with E-state index >= 15 is 0 Å². The lowest BCUT2D eigenvalue weighted by Gasteiger charge is -2.41. The lowest BCUT2D eigenvalue weighted by molar-refractivity contribution is -0.222. The second kappa shape index (κ2) is 13.8. The van der Waals surface area contributed by atoms with E-state index in [1.807, 2.05) is 26.0 Å². The van der Waals surface area contributed by atoms with Gasteiger partial charge in [0.25, 0.3) is 0 Å². The summed E-state index contributed by atoms with van der Waals surface area (Å²) in [4.78, 5) is 12.0. The van der Waals surface area contributed by atoms with Crippen molar-refractivity contribution < 1.29 is 38.0 Å². The van der Waals surface area contributed by atoms with Crippen LogP contribution in [0.5, 0.6) is 5.75 Å². The first-order valence-corrected chi connectivity index (χ1v) is 14.8. The minimum absolute atomic E-state index is 0.0703. The normalized spacial score (nSPS) is 23.4. The summed E-state index contributed by atoms with van der Waals surface area (Å²) in [6, 6.07) is 11.9. The molecule has 0 unspecified atom stereocenters. The number of nitrogens with one attached hydrogen (secondary N) is 3. The summed E-state index contributed by atoms with van der Waals surface area (Å²) in [5.74, 6) is 0.585. The van der Waals surface area contributed by atoms with Gasteiger partial charge in [-0.05, 0) is 55.2 Å². The van der Waals surface area contributed by atoms with E-state index in [-0.39, 0.29) is 25.7 Å². The van der Waals surface area contributed by atoms with Crippen LogP contribution in [0.2, 0.25) is 5.02 Å². The third kappa shape index (κ3) is 9.31. The Morgan fingerprint density at radius 1 is 1.08 bits per heavy atom. The third-order valence-electron chi connectivity index (χ3n) is 6.05. The molecule has 0 radical (unpaired) electrons. The summed E-state index contributed by atoms with van der Waals surface area (Å²) in [5, 5.41) is 37.4. The van der Waals surface area contributed by atoms with Gasteiger partial charge in [-0.3, -0.25) is 0 Å². The van der Waals surface area contributed by atoms with Gasteiger partial charge in [0, 0.05) is 24.2 Å². The molecule has 216 valence electrons. The summed E-state index contributed by atoms with van der Waals surface area (Å²) in [7, 11) is -3.27. The van der Waals surface area contributed by atoms with Gasteiger partial charge in [-0.1, -0.05) is 35.9 Å². The Balaban J connectivity index is 1.67. The van der Waals surface area contributed by atoms with Gasteiger partial charge in [0.15, 0.2) is 0 Å². The molecule has 1 aliphatic heterocycles. The van der Waals surface area contributed by atoms with E-state index < -0.39 is 46.6 Å². The summed E-state index contributed by atoms with van der Waals surface area (Å²) < 4.78 is 36.1. The molecule has 1 heterocycles. The maximum Gasteiger partial charge on any atom is 0.315 e. The van der Waals surface area contributed by atoms with Crippen molar-refractivity contribution in [1.82, 2.24) is 15.4 Å². The van der Waals surface area contributed by atoms with Crippen LogP contribution in [0.25, 0.3) is 0 Å². The van der Waals surface area contributed by atoms with Crippen molar-refractivity contribution in [3.8, 4) is 5.75 Å². The minimum Gasteiger partial charge on any atom is -0.492 e. The second-order valence-corrected chi connectivity index (χ2v) is 12.0. The van der Waals surface area contributed by atoms with Gasteiger partial charge in [0.1, 0.15) is 42.9 Å². The van der Waals surface area contributed by atoms with E-state index in [9.17, 15) is 28.5 Å². The number of aliphatic hydroxyl groups is 3. The van der Waals surface area contributed by atoms with Gasteiger partial charge in [0.2, 0.25) is 10.0 Å². The van der Waals surface area contributed by atoms with Crippen molar-refractivity contribution >= 4 is 27.7 Å². The lowest BCUT2D eigenvalue weighted by atomic mass is 9.90. The molecule has 6 N–H and O–H groups in total. The topological polar surface area (TPSA) is 166 Å². The summed E-state index contributed by atoms with van der Waals surface area (Å²) in [6.45, 7) is 3.89. The van der Waals surface area contributed by atoms with Crippen LogP contribution in [-0.2, 0) is 21.2 Å². The fraction of sp³-hybridized carbons (Fsp3) is 0.500. The molecular weight excluding hydrogens is 550 g/mol. The molecule has 13 heteroatoms. The highest BCUT2D eigenvalue weighted by atomic mass is 35.5. The lowest BCUT2D eigenvalue weighted by Crippen LogP contribution is -2.57. The Morgan fingerprint density at radius 2 is 1.77 bits per heavy atom. The van der Waals surface area contributed by atoms with E-state index in [4.69, 9.17) is 21.1 Å². The van der Waals surface area contributed by atoms with Crippen molar-refractivity contribution in [3.05, 3.63) is 64.2 Å². The molecule has 0 spiro atoms. The van der Waals surface area contributed by atoms with Crippen molar-refractivity contribution in [2.24, 2.45) is 0 Å². The molecule has 2 amide bonds. The van der Waals surface area contributed by atoms with Crippen LogP contribution >= 0.6 is 11.6 Å². The maximum atomic E-state index is 12.0. The highest BCUT2D eigenvalue weighted by Gasteiger charge is 2.44. The summed E-state index contributed by atoms with van der Waals surface area (Å²) in [6.07, 6.45) is -4.66. The SMILES string of the molecule is CC(C)NC(=O)NC[C@H]1O[C@@H](c2ccc(Cl)c(Cc3ccc(OCCNS(C)(=O)=O)cc3)c2)[C@H](O)[C@@H](O)[C@@H]1O. The number of carbonyl (C=O) groups is 1. The third-order valence-corrected chi connectivity index (χ3v) is 7.14. The number of carbonyl (C=O) groups excluding carboxylic acids is 1. The Kier molecular flexibility index (Phi) is 11.0. The Hall–Kier alpha value is -2.45. The molecule has 1 fully saturated rings. The van der Waals surface area contributed by atoms with Crippen molar-refractivity contribution in [1.29, 1.82) is 0 Å². The second-order valence-electron chi connectivity index (χ2n) is 9.76. The van der Waals surface area contributed by atoms with Crippen LogP contribution in [0.1, 0.15) is 36.6 Å². The quantitative estimate of drug-likeness (QED) is 0.213. The molecule has 0 saturated carbocycles. The largest absolute Gasteiger partial charge is 0.492 e. The number of rotatable bonds is 11. The van der Waals surface area contributed by atoms with Crippen LogP contribution in [0.4, 0.5) is 4.79 Å². The predicted molar refractivity (Wildman–Crippen MR) is 146 cm³/mol. The van der Waals surface area contributed by atoms with Crippen molar-refractivity contribution in [3.63, 3.8) is 0 Å². The number of hydrogen-bond acceptors (Lipinski definition) is 8. The van der Waals surface area contributed by atoms with E-state index in [0.717, 1.165) is 17.4 Å². The zero-order valence-corrected chi connectivity index (χ0v) is 23.6. The van der Waals surface area contributed by atoms with Crippen LogP contribution in [0.3, 0.4) is 0 Å². The van der Waals surface area contributed by atoms with Gasteiger partial charge in [-0.2, -0.15) is 0 Å². The molecule has 0 aliphatic carbocycles. The first kappa shape index (κ1) is 31.1. The van der Waals surface area contributed by atoms with E-state index in [1.54, 1.807) is 30.3 Å². The monoisotopic (exact) mass is 585 g/mol. The predicted octanol–water partition coefficient (Wildman–Crippen LogP) is 1.09. The van der Waals surface area contributed by atoms with Crippen LogP contribution in [0, 0.1) is 0 Å². The van der Waals surface area contributed by atoms with Gasteiger partial charge < -0.3 is 35.4 Å². The highest BCUT2D eigenvalue weighted by molar-refractivity contribution is 7.88. The zero-order valence-electron chi connectivity index (χ0n) is 22.0. The first-order valence-electron chi connectivity index (χ1n) is 12.5. The average molecular weight is 586 g/mol. The Morgan fingerprint density at radius 3 is 2.41 bits per heavy atom. The molecule has 0 bridgehead atoms. The van der Waals surface area contributed by atoms with Gasteiger partial charge >= 0.3 is 6.03 Å². The molecule has 0 aromatic heterocycles. The fourth-order valence-corrected chi connectivity index (χ4v) is 4.77. The van der Waals surface area contributed by atoms with E-state index in [0.29, 0.717) is 22.8 Å². The first-order chi connectivity index (χ1) is 18.3. The number of benzene rings is 2. The highest BCUT2D eigenvalue weighted by Crippen LogP contribution is 2.34. The van der Waals surface area contributed by atoms with Crippen LogP contribution < -0.4 is 20.1 Å². The number of sulfonamides is 1. The average Bonchev–Trinajstić information content (AvgIpc) is 2.86. The molecule has 5 atom stereocenters. The molecule has 2 aromatic rings. The molecule has 1 saturated heterocycles. The number of ether oxygens (including phenoxy) is 2. The van der Waals surface area contributed by atoms with Gasteiger partial charge in [-0.15, -0.1) is 0 Å². The molecule has 1 aliphatic rings. The number of urea groups is 1. The van der Waals surface area contributed by atoms with E-state index in [1.165, 1.54) is 0 Å². The van der Waals surface area contributed by atoms with Gasteiger partial charge in [0.05, 0.1) is 6.26 Å². The number of halogens is 1. The molecule has 3 rings (SSSR count). The van der Waals surface area contributed by atoms with E-state index in [2.05, 4.69) is 15.4 Å². The fourth-order valence-electron chi connectivity index (χ4n) is 4.13. The van der Waals surface area contributed by atoms with Crippen LogP contribution in [0.15, 0.2) is 42.5 Å². The number of hydrogen-bond donors (Lipinski definition) is 6. The molecule has 2 aromatic carbocycles. The standard InChI is InChI=1S/C26H36ClN3O8S/c1-15(2)30-26(34)28-14-21-22(31)23(32)24(33)25(38-21)17-6-9-20(27)18(13-17)12-16-4-7-19(8-5-16)37-11-10-29-39(3,35)36/h4-9,13,15,21-25,29,31-33H,10-12,14H2,1-3H3,(H2,28,30,34)/t21-,22-,23+,24-,25+/m1/s1. The minimum atomic E-state index is -3.27. The summed E-state index contributed by atoms with van der Waals surface area (Å²) >= 11 is 6.45. The Bertz CT molecular complexity index is 1210. The zero-order chi connectivity index (χ0) is 28.7. The van der Waals surface area contributed by atoms with Gasteiger partial charge in [-0.25, -0.2) is 17.9 Å². The maximum absolute atomic E-state index is 12.0.